The van der Waals surface area contributed by atoms with E-state index in [0.29, 0.717) is 25.7 Å². The molecule has 0 aliphatic carbocycles. The molecule has 0 fully saturated rings. The molecule has 0 bridgehead atoms. The predicted octanol–water partition coefficient (Wildman–Crippen LogP) is 18.7. The van der Waals surface area contributed by atoms with Crippen molar-refractivity contribution in [2.24, 2.45) is 0 Å². The lowest BCUT2D eigenvalue weighted by atomic mass is 10.0. The molecule has 0 heterocycles. The lowest BCUT2D eigenvalue weighted by Crippen LogP contribution is -2.30. The van der Waals surface area contributed by atoms with Crippen LogP contribution in [-0.4, -0.2) is 96.7 Å². The zero-order valence-electron chi connectivity index (χ0n) is 54.6. The van der Waals surface area contributed by atoms with Gasteiger partial charge in [-0.1, -0.05) is 291 Å². The van der Waals surface area contributed by atoms with Crippen LogP contribution in [0.1, 0.15) is 342 Å². The van der Waals surface area contributed by atoms with Gasteiger partial charge in [-0.2, -0.15) is 0 Å². The number of carbonyl (C=O) groups is 4. The fourth-order valence-electron chi connectivity index (χ4n) is 9.99. The van der Waals surface area contributed by atoms with Crippen molar-refractivity contribution < 1.29 is 80.2 Å². The maximum atomic E-state index is 13.0. The largest absolute Gasteiger partial charge is 0.472 e. The van der Waals surface area contributed by atoms with Crippen LogP contribution in [0.2, 0.25) is 0 Å². The molecule has 3 N–H and O–H groups in total. The van der Waals surface area contributed by atoms with E-state index in [2.05, 4.69) is 27.7 Å². The number of phosphoric acid groups is 2. The Morgan fingerprint density at radius 2 is 0.471 bits per heavy atom. The first kappa shape index (κ1) is 83.1. The van der Waals surface area contributed by atoms with Gasteiger partial charge < -0.3 is 33.8 Å². The fraction of sp³-hybridized carbons (Fsp3) is 0.939. The number of ether oxygens (including phenoxy) is 4. The van der Waals surface area contributed by atoms with Gasteiger partial charge in [-0.15, -0.1) is 0 Å². The topological polar surface area (TPSA) is 237 Å². The van der Waals surface area contributed by atoms with Crippen LogP contribution in [0.5, 0.6) is 0 Å². The average molecular weight is 1260 g/mol. The van der Waals surface area contributed by atoms with E-state index >= 15 is 0 Å². The Labute approximate surface area is 517 Å². The Hall–Kier alpha value is -1.94. The van der Waals surface area contributed by atoms with Crippen molar-refractivity contribution in [3.05, 3.63) is 0 Å². The average Bonchev–Trinajstić information content (AvgIpc) is 3.51. The minimum atomic E-state index is -4.94. The maximum absolute atomic E-state index is 13.0. The highest BCUT2D eigenvalue weighted by molar-refractivity contribution is 7.47. The molecule has 0 radical (unpaired) electrons. The molecule has 85 heavy (non-hydrogen) atoms. The monoisotopic (exact) mass is 1250 g/mol. The number of hydrogen-bond acceptors (Lipinski definition) is 15. The first-order valence-electron chi connectivity index (χ1n) is 34.8. The molecule has 19 heteroatoms. The van der Waals surface area contributed by atoms with Crippen molar-refractivity contribution in [2.45, 2.75) is 361 Å². The normalized spacial score (nSPS) is 14.1. The number of aliphatic hydroxyl groups is 1. The van der Waals surface area contributed by atoms with Crippen molar-refractivity contribution >= 4 is 39.5 Å². The Kier molecular flexibility index (Phi) is 59.6. The molecule has 0 aromatic rings. The summed E-state index contributed by atoms with van der Waals surface area (Å²) in [5, 5.41) is 10.5. The number of hydrogen-bond donors (Lipinski definition) is 3. The number of esters is 4. The van der Waals surface area contributed by atoms with Gasteiger partial charge in [-0.05, 0) is 25.7 Å². The molecule has 0 rings (SSSR count). The van der Waals surface area contributed by atoms with Crippen LogP contribution in [0.25, 0.3) is 0 Å². The van der Waals surface area contributed by atoms with Gasteiger partial charge in [-0.25, -0.2) is 9.13 Å². The summed E-state index contributed by atoms with van der Waals surface area (Å²) >= 11 is 0. The molecular formula is C66H128O17P2. The van der Waals surface area contributed by atoms with Gasteiger partial charge in [0.05, 0.1) is 26.4 Å². The molecule has 0 spiro atoms. The molecule has 5 atom stereocenters. The molecule has 0 aromatic carbocycles. The zero-order valence-corrected chi connectivity index (χ0v) is 56.4. The van der Waals surface area contributed by atoms with E-state index < -0.39 is 97.5 Å². The van der Waals surface area contributed by atoms with Crippen molar-refractivity contribution in [1.29, 1.82) is 0 Å². The summed E-state index contributed by atoms with van der Waals surface area (Å²) in [5.74, 6) is -2.14. The number of phosphoric ester groups is 2. The van der Waals surface area contributed by atoms with Gasteiger partial charge in [0, 0.05) is 25.7 Å². The number of carbonyl (C=O) groups excluding carboxylic acids is 4. The van der Waals surface area contributed by atoms with E-state index in [1.807, 2.05) is 0 Å². The standard InChI is InChI=1S/C66H128O17P2/c1-5-9-13-17-20-22-24-26-27-28-29-30-31-32-34-36-38-41-45-49-53-66(71)83-62(57-77-64(69)51-47-43-40-37-35-33-25-23-21-18-14-10-6-2)59-81-85(74,75)79-55-60(67)54-78-84(72,73)80-58-61(56-76-63(68)50-46-42-16-12-8-4)82-65(70)52-48-44-39-19-15-11-7-3/h60-62,67H,5-59H2,1-4H3,(H,72,73)(H,74,75)/t60-,61+,62+/m0/s1. The van der Waals surface area contributed by atoms with Crippen LogP contribution in [0.4, 0.5) is 0 Å². The first-order chi connectivity index (χ1) is 41.2. The van der Waals surface area contributed by atoms with Crippen LogP contribution in [0.15, 0.2) is 0 Å². The van der Waals surface area contributed by atoms with E-state index in [1.54, 1.807) is 0 Å². The molecule has 0 aliphatic heterocycles. The highest BCUT2D eigenvalue weighted by atomic mass is 31.2. The Morgan fingerprint density at radius 3 is 0.694 bits per heavy atom. The van der Waals surface area contributed by atoms with Crippen molar-refractivity contribution in [2.75, 3.05) is 39.6 Å². The number of rotatable bonds is 67. The smallest absolute Gasteiger partial charge is 0.462 e. The van der Waals surface area contributed by atoms with E-state index in [9.17, 15) is 43.2 Å². The van der Waals surface area contributed by atoms with Gasteiger partial charge in [0.25, 0.3) is 0 Å². The molecule has 504 valence electrons. The minimum absolute atomic E-state index is 0.103. The molecule has 0 saturated heterocycles. The van der Waals surface area contributed by atoms with E-state index in [4.69, 9.17) is 37.0 Å². The summed E-state index contributed by atoms with van der Waals surface area (Å²) in [6.07, 6.45) is 47.9. The fourth-order valence-corrected chi connectivity index (χ4v) is 11.6. The lowest BCUT2D eigenvalue weighted by Gasteiger charge is -2.21. The van der Waals surface area contributed by atoms with E-state index in [-0.39, 0.29) is 25.7 Å². The van der Waals surface area contributed by atoms with Gasteiger partial charge in [-0.3, -0.25) is 37.3 Å². The SMILES string of the molecule is CCCCCCCCCCCCCCCCCCCCCCC(=O)O[C@H](COC(=O)CCCCCCCCCCCCCCC)COP(=O)(O)OC[C@@H](O)COP(=O)(O)OC[C@@H](COC(=O)CCCCCCC)OC(=O)CCCCCCCCC. The summed E-state index contributed by atoms with van der Waals surface area (Å²) in [6.45, 7) is 4.78. The Balaban J connectivity index is 5.08. The third-order valence-electron chi connectivity index (χ3n) is 15.4. The third-order valence-corrected chi connectivity index (χ3v) is 17.3. The molecular weight excluding hydrogens is 1130 g/mol. The zero-order chi connectivity index (χ0) is 62.6. The van der Waals surface area contributed by atoms with Crippen LogP contribution < -0.4 is 0 Å². The van der Waals surface area contributed by atoms with Crippen LogP contribution in [-0.2, 0) is 65.4 Å². The second kappa shape index (κ2) is 60.9. The van der Waals surface area contributed by atoms with Crippen LogP contribution >= 0.6 is 15.6 Å². The second-order valence-electron chi connectivity index (χ2n) is 23.9. The van der Waals surface area contributed by atoms with Gasteiger partial charge in [0.2, 0.25) is 0 Å². The predicted molar refractivity (Wildman–Crippen MR) is 340 cm³/mol. The molecule has 0 amide bonds. The van der Waals surface area contributed by atoms with Gasteiger partial charge >= 0.3 is 39.5 Å². The van der Waals surface area contributed by atoms with Gasteiger partial charge in [0.15, 0.2) is 12.2 Å². The second-order valence-corrected chi connectivity index (χ2v) is 26.8. The van der Waals surface area contributed by atoms with Crippen molar-refractivity contribution in [3.63, 3.8) is 0 Å². The van der Waals surface area contributed by atoms with Gasteiger partial charge in [0.1, 0.15) is 19.3 Å². The summed E-state index contributed by atoms with van der Waals surface area (Å²) < 4.78 is 67.8. The van der Waals surface area contributed by atoms with Crippen molar-refractivity contribution in [3.8, 4) is 0 Å². The number of unbranched alkanes of at least 4 members (excludes halogenated alkanes) is 41. The molecule has 2 unspecified atom stereocenters. The summed E-state index contributed by atoms with van der Waals surface area (Å²) in [6, 6.07) is 0. The minimum Gasteiger partial charge on any atom is -0.462 e. The molecule has 0 saturated carbocycles. The maximum Gasteiger partial charge on any atom is 0.472 e. The third kappa shape index (κ3) is 60.7. The summed E-state index contributed by atoms with van der Waals surface area (Å²) in [7, 11) is -9.87. The van der Waals surface area contributed by atoms with Crippen LogP contribution in [0.3, 0.4) is 0 Å². The highest BCUT2D eigenvalue weighted by Gasteiger charge is 2.30. The van der Waals surface area contributed by atoms with E-state index in [1.165, 1.54) is 154 Å². The molecule has 0 aromatic heterocycles. The Morgan fingerprint density at radius 1 is 0.282 bits per heavy atom. The van der Waals surface area contributed by atoms with E-state index in [0.717, 1.165) is 109 Å². The molecule has 17 nitrogen and oxygen atoms in total. The van der Waals surface area contributed by atoms with Crippen molar-refractivity contribution in [1.82, 2.24) is 0 Å². The quantitative estimate of drug-likeness (QED) is 0.0222. The molecule has 0 aliphatic rings. The Bertz CT molecular complexity index is 1640. The van der Waals surface area contributed by atoms with Crippen LogP contribution in [0, 0.1) is 0 Å². The summed E-state index contributed by atoms with van der Waals surface area (Å²) in [4.78, 5) is 71.9. The number of aliphatic hydroxyl groups excluding tert-OH is 1. The summed E-state index contributed by atoms with van der Waals surface area (Å²) in [5.41, 5.74) is 0. The first-order valence-corrected chi connectivity index (χ1v) is 37.8. The highest BCUT2D eigenvalue weighted by Crippen LogP contribution is 2.45. The lowest BCUT2D eigenvalue weighted by molar-refractivity contribution is -0.161.